The van der Waals surface area contributed by atoms with Crippen LogP contribution in [0.5, 0.6) is 0 Å². The Morgan fingerprint density at radius 2 is 2.46 bits per heavy atom. The van der Waals surface area contributed by atoms with Crippen LogP contribution in [0.25, 0.3) is 0 Å². The van der Waals surface area contributed by atoms with E-state index in [0.29, 0.717) is 6.67 Å². The molecule has 0 amide bonds. The quantitative estimate of drug-likeness (QED) is 0.446. The van der Waals surface area contributed by atoms with E-state index in [9.17, 15) is 5.21 Å². The summed E-state index contributed by atoms with van der Waals surface area (Å²) in [5.74, 6) is 0. The van der Waals surface area contributed by atoms with Gasteiger partial charge in [-0.3, -0.25) is 0 Å². The van der Waals surface area contributed by atoms with Crippen molar-refractivity contribution in [1.82, 2.24) is 0 Å². The number of aliphatic imine (C=N–C) groups is 1. The molecule has 13 heavy (non-hydrogen) atoms. The van der Waals surface area contributed by atoms with E-state index in [4.69, 9.17) is 0 Å². The number of nitrogens with zero attached hydrogens (tertiary/aromatic N) is 2. The van der Waals surface area contributed by atoms with E-state index in [0.717, 1.165) is 17.7 Å². The third kappa shape index (κ3) is 1.08. The van der Waals surface area contributed by atoms with Gasteiger partial charge in [0.2, 0.25) is 0 Å². The molecule has 0 aromatic heterocycles. The maximum absolute atomic E-state index is 12.3. The van der Waals surface area contributed by atoms with Gasteiger partial charge in [-0.2, -0.15) is 0 Å². The summed E-state index contributed by atoms with van der Waals surface area (Å²) in [5.41, 5.74) is 1.99. The molecular weight excluding hydrogens is 164 g/mol. The van der Waals surface area contributed by atoms with Crippen LogP contribution in [0.15, 0.2) is 28.4 Å². The normalized spacial score (nSPS) is 37.0. The second-order valence-electron chi connectivity index (χ2n) is 3.61. The molecule has 0 radical (unpaired) electrons. The van der Waals surface area contributed by atoms with Crippen LogP contribution >= 0.6 is 0 Å². The molecule has 0 spiro atoms. The fourth-order valence-corrected chi connectivity index (χ4v) is 1.88. The van der Waals surface area contributed by atoms with E-state index < -0.39 is 0 Å². The summed E-state index contributed by atoms with van der Waals surface area (Å²) < 4.78 is -0.278. The Balaban J connectivity index is 2.49. The summed E-state index contributed by atoms with van der Waals surface area (Å²) >= 11 is 0. The van der Waals surface area contributed by atoms with Crippen molar-refractivity contribution in [3.05, 3.63) is 28.6 Å². The molecule has 3 nitrogen and oxygen atoms in total. The van der Waals surface area contributed by atoms with Crippen LogP contribution < -0.4 is 0 Å². The summed E-state index contributed by atoms with van der Waals surface area (Å²) in [6, 6.07) is 0.00722. The largest absolute Gasteiger partial charge is 0.626 e. The van der Waals surface area contributed by atoms with Crippen molar-refractivity contribution in [3.63, 3.8) is 0 Å². The average molecular weight is 178 g/mol. The Bertz CT molecular complexity index is 317. The maximum Gasteiger partial charge on any atom is 0.177 e. The van der Waals surface area contributed by atoms with Crippen LogP contribution in [-0.4, -0.2) is 23.6 Å². The first-order valence-electron chi connectivity index (χ1n) is 4.69. The lowest BCUT2D eigenvalue weighted by Crippen LogP contribution is -2.47. The van der Waals surface area contributed by atoms with Crippen molar-refractivity contribution < 1.29 is 4.65 Å². The smallest absolute Gasteiger partial charge is 0.177 e. The van der Waals surface area contributed by atoms with Gasteiger partial charge in [-0.15, -0.1) is 0 Å². The van der Waals surface area contributed by atoms with E-state index in [1.165, 1.54) is 0 Å². The second kappa shape index (κ2) is 2.79. The first kappa shape index (κ1) is 8.66. The predicted octanol–water partition coefficient (Wildman–Crippen LogP) is 1.97. The Morgan fingerprint density at radius 1 is 1.69 bits per heavy atom. The van der Waals surface area contributed by atoms with Gasteiger partial charge in [0.25, 0.3) is 0 Å². The SMILES string of the molecule is CCC1=C2C=NC[N+]2([O-])C(C)C=C1. The zero-order valence-corrected chi connectivity index (χ0v) is 8.03. The summed E-state index contributed by atoms with van der Waals surface area (Å²) in [7, 11) is 0. The third-order valence-corrected chi connectivity index (χ3v) is 2.86. The van der Waals surface area contributed by atoms with Crippen LogP contribution in [0, 0.1) is 5.21 Å². The Hall–Kier alpha value is -0.930. The first-order chi connectivity index (χ1) is 6.18. The van der Waals surface area contributed by atoms with Gasteiger partial charge in [0.1, 0.15) is 6.04 Å². The lowest BCUT2D eigenvalue weighted by molar-refractivity contribution is -0.850. The highest BCUT2D eigenvalue weighted by Crippen LogP contribution is 2.32. The Morgan fingerprint density at radius 3 is 3.15 bits per heavy atom. The molecule has 0 aromatic carbocycles. The standard InChI is InChI=1S/C10H14N2O/c1-3-9-5-4-8(2)12(13)7-11-6-10(9)12/h4-6,8H,3,7H2,1-2H3. The molecule has 0 aliphatic carbocycles. The molecule has 0 N–H and O–H groups in total. The van der Waals surface area contributed by atoms with Crippen molar-refractivity contribution in [2.24, 2.45) is 4.99 Å². The molecular formula is C10H14N2O. The number of hydrogen-bond donors (Lipinski definition) is 0. The number of fused-ring (bicyclic) bond motifs is 1. The first-order valence-corrected chi connectivity index (χ1v) is 4.69. The molecule has 0 fully saturated rings. The zero-order valence-electron chi connectivity index (χ0n) is 8.03. The van der Waals surface area contributed by atoms with Crippen LogP contribution in [0.1, 0.15) is 20.3 Å². The molecule has 0 bridgehead atoms. The van der Waals surface area contributed by atoms with Crippen LogP contribution in [-0.2, 0) is 0 Å². The highest BCUT2D eigenvalue weighted by Gasteiger charge is 2.35. The fourth-order valence-electron chi connectivity index (χ4n) is 1.88. The Labute approximate surface area is 78.2 Å². The number of hydroxylamine groups is 3. The van der Waals surface area contributed by atoms with Crippen molar-refractivity contribution in [1.29, 1.82) is 0 Å². The summed E-state index contributed by atoms with van der Waals surface area (Å²) in [5, 5.41) is 12.3. The van der Waals surface area contributed by atoms with Crippen molar-refractivity contribution in [2.45, 2.75) is 26.3 Å². The van der Waals surface area contributed by atoms with Gasteiger partial charge in [0.15, 0.2) is 12.4 Å². The molecule has 70 valence electrons. The number of hydrogen-bond acceptors (Lipinski definition) is 2. The second-order valence-corrected chi connectivity index (χ2v) is 3.61. The predicted molar refractivity (Wildman–Crippen MR) is 52.9 cm³/mol. The maximum atomic E-state index is 12.3. The van der Waals surface area contributed by atoms with Gasteiger partial charge in [-0.1, -0.05) is 13.0 Å². The van der Waals surface area contributed by atoms with Gasteiger partial charge >= 0.3 is 0 Å². The van der Waals surface area contributed by atoms with Crippen molar-refractivity contribution in [2.75, 3.05) is 6.67 Å². The highest BCUT2D eigenvalue weighted by molar-refractivity contribution is 5.79. The number of quaternary nitrogens is 1. The van der Waals surface area contributed by atoms with Gasteiger partial charge in [0.05, 0.1) is 6.21 Å². The minimum Gasteiger partial charge on any atom is -0.626 e. The molecule has 2 rings (SSSR count). The summed E-state index contributed by atoms with van der Waals surface area (Å²) in [6.07, 6.45) is 6.70. The van der Waals surface area contributed by atoms with E-state index >= 15 is 0 Å². The van der Waals surface area contributed by atoms with Gasteiger partial charge in [-0.05, 0) is 19.4 Å². The topological polar surface area (TPSA) is 35.4 Å². The molecule has 2 heterocycles. The highest BCUT2D eigenvalue weighted by atomic mass is 16.6. The summed E-state index contributed by atoms with van der Waals surface area (Å²) in [4.78, 5) is 4.09. The van der Waals surface area contributed by atoms with Crippen LogP contribution in [0.4, 0.5) is 0 Å². The van der Waals surface area contributed by atoms with Crippen LogP contribution in [0.2, 0.25) is 0 Å². The summed E-state index contributed by atoms with van der Waals surface area (Å²) in [6.45, 7) is 4.37. The van der Waals surface area contributed by atoms with E-state index in [2.05, 4.69) is 18.0 Å². The molecule has 2 aliphatic heterocycles. The van der Waals surface area contributed by atoms with Gasteiger partial charge < -0.3 is 9.85 Å². The molecule has 0 saturated carbocycles. The van der Waals surface area contributed by atoms with E-state index in [1.807, 2.05) is 13.0 Å². The van der Waals surface area contributed by atoms with Crippen molar-refractivity contribution >= 4 is 6.21 Å². The zero-order chi connectivity index (χ0) is 9.47. The fraction of sp³-hybridized carbons (Fsp3) is 0.500. The van der Waals surface area contributed by atoms with Crippen LogP contribution in [0.3, 0.4) is 0 Å². The minimum atomic E-state index is -0.278. The van der Waals surface area contributed by atoms with Crippen molar-refractivity contribution in [3.8, 4) is 0 Å². The minimum absolute atomic E-state index is 0.00722. The molecule has 2 aliphatic rings. The molecule has 0 saturated heterocycles. The van der Waals surface area contributed by atoms with E-state index in [-0.39, 0.29) is 10.7 Å². The average Bonchev–Trinajstić information content (AvgIpc) is 2.51. The van der Waals surface area contributed by atoms with Gasteiger partial charge in [-0.25, -0.2) is 4.99 Å². The lowest BCUT2D eigenvalue weighted by atomic mass is 10.0. The molecule has 0 aromatic rings. The lowest BCUT2D eigenvalue weighted by Gasteiger charge is -2.44. The van der Waals surface area contributed by atoms with E-state index in [1.54, 1.807) is 6.21 Å². The van der Waals surface area contributed by atoms with Gasteiger partial charge in [0, 0.05) is 5.57 Å². The molecule has 3 heteroatoms. The number of allylic oxidation sites excluding steroid dienone is 3. The monoisotopic (exact) mass is 178 g/mol. The molecule has 2 atom stereocenters. The number of rotatable bonds is 1. The molecule has 2 unspecified atom stereocenters. The Kier molecular flexibility index (Phi) is 1.86. The third-order valence-electron chi connectivity index (χ3n) is 2.86.